The number of carbonyl (C=O) groups excluding carboxylic acids is 1. The van der Waals surface area contributed by atoms with Crippen LogP contribution in [0, 0.1) is 11.3 Å². The van der Waals surface area contributed by atoms with Crippen LogP contribution in [0.25, 0.3) is 0 Å². The Kier molecular flexibility index (Phi) is 8.19. The van der Waals surface area contributed by atoms with Gasteiger partial charge in [-0.25, -0.2) is 0 Å². The monoisotopic (exact) mass is 436 g/mol. The maximum atomic E-state index is 12.9. The van der Waals surface area contributed by atoms with Gasteiger partial charge in [0.25, 0.3) is 5.91 Å². The number of aliphatic hydroxyl groups is 2. The highest BCUT2D eigenvalue weighted by molar-refractivity contribution is 6.33. The van der Waals surface area contributed by atoms with Gasteiger partial charge in [0.1, 0.15) is 0 Å². The molecule has 1 aromatic rings. The van der Waals surface area contributed by atoms with Gasteiger partial charge < -0.3 is 20.8 Å². The standard InChI is InChI=1S/C24H37ClN2O3/c1-23(16-28,17-29)27-12-4-7-18-8-9-21(25)20(13-18)22(30)26-15-24-10-2-5-19(14-24)6-3-11-24/h8-9,13,19,27-29H,2-7,10-12,14-17H2,1H3,(H,26,30). The van der Waals surface area contributed by atoms with Crippen molar-refractivity contribution in [3.05, 3.63) is 34.3 Å². The molecule has 1 amide bonds. The van der Waals surface area contributed by atoms with Crippen molar-refractivity contribution in [2.45, 2.75) is 70.3 Å². The van der Waals surface area contributed by atoms with E-state index in [1.54, 1.807) is 13.0 Å². The molecule has 0 unspecified atom stereocenters. The average molecular weight is 437 g/mol. The van der Waals surface area contributed by atoms with Gasteiger partial charge in [0.05, 0.1) is 29.3 Å². The first-order valence-electron chi connectivity index (χ1n) is 11.4. The summed E-state index contributed by atoms with van der Waals surface area (Å²) in [6, 6.07) is 5.67. The van der Waals surface area contributed by atoms with E-state index in [1.807, 2.05) is 12.1 Å². The van der Waals surface area contributed by atoms with Gasteiger partial charge in [0.15, 0.2) is 0 Å². The Hall–Kier alpha value is -1.14. The van der Waals surface area contributed by atoms with Crippen LogP contribution in [-0.4, -0.2) is 48.0 Å². The van der Waals surface area contributed by atoms with Gasteiger partial charge in [0.2, 0.25) is 0 Å². The zero-order valence-electron chi connectivity index (χ0n) is 18.2. The molecule has 2 fully saturated rings. The summed E-state index contributed by atoms with van der Waals surface area (Å²) < 4.78 is 0. The Morgan fingerprint density at radius 2 is 1.93 bits per heavy atom. The van der Waals surface area contributed by atoms with Gasteiger partial charge in [0, 0.05) is 6.54 Å². The molecule has 1 aromatic carbocycles. The summed E-state index contributed by atoms with van der Waals surface area (Å²) in [6.07, 6.45) is 10.6. The summed E-state index contributed by atoms with van der Waals surface area (Å²) in [7, 11) is 0. The Morgan fingerprint density at radius 1 is 1.23 bits per heavy atom. The predicted octanol–water partition coefficient (Wildman–Crippen LogP) is 3.70. The number of carbonyl (C=O) groups is 1. The van der Waals surface area contributed by atoms with Crippen molar-refractivity contribution in [1.82, 2.24) is 10.6 Å². The Labute approximate surface area is 185 Å². The minimum absolute atomic E-state index is 0.0739. The van der Waals surface area contributed by atoms with E-state index in [0.29, 0.717) is 22.5 Å². The van der Waals surface area contributed by atoms with E-state index in [0.717, 1.165) is 30.9 Å². The van der Waals surface area contributed by atoms with Crippen molar-refractivity contribution in [1.29, 1.82) is 0 Å². The lowest BCUT2D eigenvalue weighted by atomic mass is 9.62. The van der Waals surface area contributed by atoms with Crippen molar-refractivity contribution in [3.63, 3.8) is 0 Å². The number of aliphatic hydroxyl groups excluding tert-OH is 2. The average Bonchev–Trinajstić information content (AvgIpc) is 2.76. The third-order valence-corrected chi connectivity index (χ3v) is 7.48. The highest BCUT2D eigenvalue weighted by atomic mass is 35.5. The summed E-state index contributed by atoms with van der Waals surface area (Å²) in [5, 5.41) is 25.6. The summed E-state index contributed by atoms with van der Waals surface area (Å²) in [6.45, 7) is 2.99. The smallest absolute Gasteiger partial charge is 0.252 e. The first-order chi connectivity index (χ1) is 14.4. The fourth-order valence-corrected chi connectivity index (χ4v) is 5.38. The minimum Gasteiger partial charge on any atom is -0.394 e. The van der Waals surface area contributed by atoms with Gasteiger partial charge in [-0.2, -0.15) is 0 Å². The van der Waals surface area contributed by atoms with Crippen molar-refractivity contribution in [3.8, 4) is 0 Å². The van der Waals surface area contributed by atoms with Crippen LogP contribution in [0.1, 0.15) is 74.2 Å². The van der Waals surface area contributed by atoms with Crippen LogP contribution >= 0.6 is 11.6 Å². The van der Waals surface area contributed by atoms with E-state index in [2.05, 4.69) is 10.6 Å². The van der Waals surface area contributed by atoms with Gasteiger partial charge >= 0.3 is 0 Å². The molecule has 0 saturated heterocycles. The number of hydrogen-bond donors (Lipinski definition) is 4. The van der Waals surface area contributed by atoms with E-state index in [9.17, 15) is 15.0 Å². The molecule has 0 spiro atoms. The van der Waals surface area contributed by atoms with Gasteiger partial charge in [-0.05, 0) is 74.6 Å². The van der Waals surface area contributed by atoms with Crippen LogP contribution in [0.15, 0.2) is 18.2 Å². The van der Waals surface area contributed by atoms with Crippen molar-refractivity contribution in [2.75, 3.05) is 26.3 Å². The number of rotatable bonds is 10. The maximum Gasteiger partial charge on any atom is 0.252 e. The van der Waals surface area contributed by atoms with Crippen molar-refractivity contribution < 1.29 is 15.0 Å². The molecule has 0 radical (unpaired) electrons. The fraction of sp³-hybridized carbons (Fsp3) is 0.708. The normalized spacial score (nSPS) is 23.9. The lowest BCUT2D eigenvalue weighted by Gasteiger charge is -2.45. The maximum absolute atomic E-state index is 12.9. The second-order valence-electron chi connectivity index (χ2n) is 9.76. The molecule has 4 N–H and O–H groups in total. The molecular weight excluding hydrogens is 400 g/mol. The highest BCUT2D eigenvalue weighted by Gasteiger charge is 2.39. The molecule has 5 nitrogen and oxygen atoms in total. The number of nitrogens with one attached hydrogen (secondary N) is 2. The fourth-order valence-electron chi connectivity index (χ4n) is 5.18. The van der Waals surface area contributed by atoms with Crippen molar-refractivity contribution in [2.24, 2.45) is 11.3 Å². The molecule has 30 heavy (non-hydrogen) atoms. The summed E-state index contributed by atoms with van der Waals surface area (Å²) in [5.41, 5.74) is 1.24. The first kappa shape index (κ1) is 23.5. The van der Waals surface area contributed by atoms with Crippen LogP contribution in [0.5, 0.6) is 0 Å². The third-order valence-electron chi connectivity index (χ3n) is 7.15. The molecule has 0 atom stereocenters. The summed E-state index contributed by atoms with van der Waals surface area (Å²) in [5.74, 6) is 0.777. The second-order valence-corrected chi connectivity index (χ2v) is 10.2. The lowest BCUT2D eigenvalue weighted by Crippen LogP contribution is -2.49. The minimum atomic E-state index is -0.665. The lowest BCUT2D eigenvalue weighted by molar-refractivity contribution is 0.0681. The van der Waals surface area contributed by atoms with E-state index in [4.69, 9.17) is 11.6 Å². The van der Waals surface area contributed by atoms with Crippen LogP contribution in [0.4, 0.5) is 0 Å². The Bertz CT molecular complexity index is 710. The molecule has 2 bridgehead atoms. The first-order valence-corrected chi connectivity index (χ1v) is 11.8. The highest BCUT2D eigenvalue weighted by Crippen LogP contribution is 2.48. The molecule has 3 rings (SSSR count). The van der Waals surface area contributed by atoms with Crippen molar-refractivity contribution >= 4 is 17.5 Å². The third kappa shape index (κ3) is 5.97. The SMILES string of the molecule is CC(CO)(CO)NCCCc1ccc(Cl)c(C(=O)NCC23CCCC(CCC2)C3)c1. The Balaban J connectivity index is 1.53. The van der Waals surface area contributed by atoms with Gasteiger partial charge in [-0.1, -0.05) is 43.4 Å². The van der Waals surface area contributed by atoms with Gasteiger partial charge in [-0.3, -0.25) is 4.79 Å². The predicted molar refractivity (Wildman–Crippen MR) is 121 cm³/mol. The molecule has 0 heterocycles. The number of fused-ring (bicyclic) bond motifs is 2. The molecule has 168 valence electrons. The van der Waals surface area contributed by atoms with E-state index >= 15 is 0 Å². The zero-order chi connectivity index (χ0) is 21.6. The van der Waals surface area contributed by atoms with E-state index < -0.39 is 5.54 Å². The topological polar surface area (TPSA) is 81.6 Å². The van der Waals surface area contributed by atoms with Crippen LogP contribution in [0.2, 0.25) is 5.02 Å². The number of benzene rings is 1. The molecule has 2 saturated carbocycles. The number of halogens is 1. The van der Waals surface area contributed by atoms with E-state index in [-0.39, 0.29) is 19.1 Å². The van der Waals surface area contributed by atoms with Crippen LogP contribution in [-0.2, 0) is 6.42 Å². The number of hydrogen-bond acceptors (Lipinski definition) is 4. The zero-order valence-corrected chi connectivity index (χ0v) is 18.9. The second kappa shape index (κ2) is 10.4. The molecule has 2 aliphatic carbocycles. The molecule has 0 aliphatic heterocycles. The molecule has 2 aliphatic rings. The summed E-state index contributed by atoms with van der Waals surface area (Å²) >= 11 is 6.35. The molecule has 6 heteroatoms. The van der Waals surface area contributed by atoms with E-state index in [1.165, 1.54) is 44.9 Å². The number of aryl methyl sites for hydroxylation is 1. The number of amides is 1. The van der Waals surface area contributed by atoms with Crippen LogP contribution in [0.3, 0.4) is 0 Å². The Morgan fingerprint density at radius 3 is 2.60 bits per heavy atom. The molecular formula is C24H37ClN2O3. The molecule has 0 aromatic heterocycles. The van der Waals surface area contributed by atoms with Gasteiger partial charge in [-0.15, -0.1) is 0 Å². The quantitative estimate of drug-likeness (QED) is 0.421. The largest absolute Gasteiger partial charge is 0.394 e. The van der Waals surface area contributed by atoms with Crippen LogP contribution < -0.4 is 10.6 Å². The summed E-state index contributed by atoms with van der Waals surface area (Å²) in [4.78, 5) is 12.9.